The Balaban J connectivity index is 1.64. The van der Waals surface area contributed by atoms with E-state index in [4.69, 9.17) is 5.73 Å². The van der Waals surface area contributed by atoms with Gasteiger partial charge in [0, 0.05) is 6.04 Å². The minimum atomic E-state index is -0.0575. The highest BCUT2D eigenvalue weighted by Crippen LogP contribution is 2.53. The number of amides is 2. The molecule has 1 heterocycles. The van der Waals surface area contributed by atoms with Crippen molar-refractivity contribution < 1.29 is 9.59 Å². The molecule has 6 atom stereocenters. The average molecular weight is 274 g/mol. The van der Waals surface area contributed by atoms with Crippen LogP contribution in [0, 0.1) is 29.6 Å². The Kier molecular flexibility index (Phi) is 2.78. The van der Waals surface area contributed by atoms with Crippen molar-refractivity contribution in [3.63, 3.8) is 0 Å². The molecule has 3 aliphatic carbocycles. The zero-order chi connectivity index (χ0) is 13.9. The standard InChI is InChI=1S/C16H22N2O2/c17-8-11-3-1-2-4-12(11)18-15(19)13-9-5-6-10(7-9)14(13)16(18)20/h5-6,9-14H,1-4,7-8,17H2. The van der Waals surface area contributed by atoms with Crippen LogP contribution in [-0.4, -0.2) is 29.3 Å². The summed E-state index contributed by atoms with van der Waals surface area (Å²) in [5, 5.41) is 0. The molecule has 20 heavy (non-hydrogen) atoms. The Morgan fingerprint density at radius 3 is 2.25 bits per heavy atom. The Bertz CT molecular complexity index is 457. The summed E-state index contributed by atoms with van der Waals surface area (Å²) in [7, 11) is 0. The number of nitrogens with two attached hydrogens (primary N) is 1. The highest BCUT2D eigenvalue weighted by atomic mass is 16.2. The van der Waals surface area contributed by atoms with Crippen molar-refractivity contribution in [3.05, 3.63) is 12.2 Å². The maximum Gasteiger partial charge on any atom is 0.233 e. The second-order valence-corrected chi connectivity index (χ2v) is 6.89. The van der Waals surface area contributed by atoms with Gasteiger partial charge in [-0.15, -0.1) is 0 Å². The van der Waals surface area contributed by atoms with Gasteiger partial charge in [-0.1, -0.05) is 25.0 Å². The van der Waals surface area contributed by atoms with Gasteiger partial charge in [-0.3, -0.25) is 14.5 Å². The molecule has 108 valence electrons. The van der Waals surface area contributed by atoms with Crippen molar-refractivity contribution >= 4 is 11.8 Å². The SMILES string of the molecule is NCC1CCCCC1N1C(=O)C2C3C=CC(C3)C2C1=O. The first kappa shape index (κ1) is 12.6. The van der Waals surface area contributed by atoms with Gasteiger partial charge >= 0.3 is 0 Å². The summed E-state index contributed by atoms with van der Waals surface area (Å²) in [5.41, 5.74) is 5.87. The highest BCUT2D eigenvalue weighted by Gasteiger charge is 2.60. The first-order valence-electron chi connectivity index (χ1n) is 7.97. The Morgan fingerprint density at radius 2 is 1.65 bits per heavy atom. The summed E-state index contributed by atoms with van der Waals surface area (Å²) in [6.45, 7) is 0.585. The average Bonchev–Trinajstić information content (AvgIpc) is 3.13. The molecule has 2 amide bonds. The molecule has 0 spiro atoms. The van der Waals surface area contributed by atoms with E-state index >= 15 is 0 Å². The predicted octanol–water partition coefficient (Wildman–Crippen LogP) is 1.31. The van der Waals surface area contributed by atoms with Crippen LogP contribution in [-0.2, 0) is 9.59 Å². The molecular weight excluding hydrogens is 252 g/mol. The molecule has 1 aliphatic heterocycles. The third kappa shape index (κ3) is 1.51. The zero-order valence-electron chi connectivity index (χ0n) is 11.7. The van der Waals surface area contributed by atoms with Crippen LogP contribution in [0.1, 0.15) is 32.1 Å². The molecule has 4 aliphatic rings. The summed E-state index contributed by atoms with van der Waals surface area (Å²) < 4.78 is 0. The number of rotatable bonds is 2. The fraction of sp³-hybridized carbons (Fsp3) is 0.750. The molecule has 6 unspecified atom stereocenters. The van der Waals surface area contributed by atoms with E-state index in [-0.39, 0.29) is 29.7 Å². The van der Waals surface area contributed by atoms with Gasteiger partial charge in [0.1, 0.15) is 0 Å². The molecular formula is C16H22N2O2. The quantitative estimate of drug-likeness (QED) is 0.610. The van der Waals surface area contributed by atoms with Gasteiger partial charge in [0.25, 0.3) is 0 Å². The lowest BCUT2D eigenvalue weighted by Crippen LogP contribution is -2.49. The van der Waals surface area contributed by atoms with E-state index in [1.165, 1.54) is 6.42 Å². The second kappa shape index (κ2) is 4.42. The molecule has 4 rings (SSSR count). The topological polar surface area (TPSA) is 63.4 Å². The third-order valence-corrected chi connectivity index (χ3v) is 6.01. The third-order valence-electron chi connectivity index (χ3n) is 6.01. The minimum absolute atomic E-state index is 0.0575. The van der Waals surface area contributed by atoms with Gasteiger partial charge < -0.3 is 5.73 Å². The van der Waals surface area contributed by atoms with Gasteiger partial charge in [-0.2, -0.15) is 0 Å². The Labute approximate surface area is 119 Å². The van der Waals surface area contributed by atoms with Crippen molar-refractivity contribution in [1.82, 2.24) is 4.90 Å². The number of likely N-dealkylation sites (tertiary alicyclic amines) is 1. The maximum absolute atomic E-state index is 12.8. The van der Waals surface area contributed by atoms with Crippen LogP contribution < -0.4 is 5.73 Å². The molecule has 2 N–H and O–H groups in total. The first-order chi connectivity index (χ1) is 9.72. The van der Waals surface area contributed by atoms with Gasteiger partial charge in [0.15, 0.2) is 0 Å². The summed E-state index contributed by atoms with van der Waals surface area (Å²) in [5.74, 6) is 1.01. The van der Waals surface area contributed by atoms with Crippen LogP contribution in [0.2, 0.25) is 0 Å². The van der Waals surface area contributed by atoms with E-state index in [2.05, 4.69) is 12.2 Å². The van der Waals surface area contributed by atoms with Gasteiger partial charge in [-0.25, -0.2) is 0 Å². The predicted molar refractivity (Wildman–Crippen MR) is 74.4 cm³/mol. The Morgan fingerprint density at radius 1 is 1.05 bits per heavy atom. The zero-order valence-corrected chi connectivity index (χ0v) is 11.7. The number of hydrogen-bond acceptors (Lipinski definition) is 3. The van der Waals surface area contributed by atoms with Crippen LogP contribution in [0.4, 0.5) is 0 Å². The van der Waals surface area contributed by atoms with Crippen molar-refractivity contribution in [3.8, 4) is 0 Å². The van der Waals surface area contributed by atoms with E-state index in [1.807, 2.05) is 0 Å². The summed E-state index contributed by atoms with van der Waals surface area (Å²) in [6.07, 6.45) is 9.60. The van der Waals surface area contributed by atoms with E-state index < -0.39 is 0 Å². The smallest absolute Gasteiger partial charge is 0.233 e. The lowest BCUT2D eigenvalue weighted by atomic mass is 9.83. The van der Waals surface area contributed by atoms with E-state index in [9.17, 15) is 9.59 Å². The van der Waals surface area contributed by atoms with Crippen LogP contribution in [0.5, 0.6) is 0 Å². The lowest BCUT2D eigenvalue weighted by Gasteiger charge is -2.37. The summed E-state index contributed by atoms with van der Waals surface area (Å²) >= 11 is 0. The molecule has 1 saturated heterocycles. The molecule has 4 nitrogen and oxygen atoms in total. The first-order valence-corrected chi connectivity index (χ1v) is 7.97. The number of hydrogen-bond donors (Lipinski definition) is 1. The monoisotopic (exact) mass is 274 g/mol. The normalized spacial score (nSPS) is 46.4. The van der Waals surface area contributed by atoms with Crippen LogP contribution in [0.25, 0.3) is 0 Å². The molecule has 0 aromatic rings. The van der Waals surface area contributed by atoms with Crippen LogP contribution >= 0.6 is 0 Å². The summed E-state index contributed by atoms with van der Waals surface area (Å²) in [4.78, 5) is 27.2. The molecule has 0 radical (unpaired) electrons. The van der Waals surface area contributed by atoms with Crippen molar-refractivity contribution in [1.29, 1.82) is 0 Å². The van der Waals surface area contributed by atoms with Gasteiger partial charge in [-0.05, 0) is 43.6 Å². The van der Waals surface area contributed by atoms with E-state index in [0.29, 0.717) is 24.3 Å². The molecule has 3 fully saturated rings. The number of carbonyl (C=O) groups excluding carboxylic acids is 2. The van der Waals surface area contributed by atoms with Crippen molar-refractivity contribution in [2.45, 2.75) is 38.1 Å². The minimum Gasteiger partial charge on any atom is -0.330 e. The second-order valence-electron chi connectivity index (χ2n) is 6.89. The summed E-state index contributed by atoms with van der Waals surface area (Å²) in [6, 6.07) is 0.0683. The number of carbonyl (C=O) groups is 2. The fourth-order valence-corrected chi connectivity index (χ4v) is 5.06. The Hall–Kier alpha value is -1.16. The van der Waals surface area contributed by atoms with Crippen LogP contribution in [0.3, 0.4) is 0 Å². The molecule has 4 heteroatoms. The largest absolute Gasteiger partial charge is 0.330 e. The highest BCUT2D eigenvalue weighted by molar-refractivity contribution is 6.06. The lowest BCUT2D eigenvalue weighted by molar-refractivity contribution is -0.145. The number of allylic oxidation sites excluding steroid dienone is 2. The number of fused-ring (bicyclic) bond motifs is 5. The van der Waals surface area contributed by atoms with Crippen molar-refractivity contribution in [2.75, 3.05) is 6.54 Å². The molecule has 0 aromatic carbocycles. The molecule has 2 bridgehead atoms. The van der Waals surface area contributed by atoms with Crippen molar-refractivity contribution in [2.24, 2.45) is 35.3 Å². The molecule has 0 aromatic heterocycles. The van der Waals surface area contributed by atoms with E-state index in [1.54, 1.807) is 4.90 Å². The molecule has 2 saturated carbocycles. The fourth-order valence-electron chi connectivity index (χ4n) is 5.06. The number of imide groups is 1. The number of nitrogens with zero attached hydrogens (tertiary/aromatic N) is 1. The maximum atomic E-state index is 12.8. The van der Waals surface area contributed by atoms with Gasteiger partial charge in [0.05, 0.1) is 11.8 Å². The van der Waals surface area contributed by atoms with E-state index in [0.717, 1.165) is 25.7 Å². The van der Waals surface area contributed by atoms with Gasteiger partial charge in [0.2, 0.25) is 11.8 Å². The van der Waals surface area contributed by atoms with Crippen LogP contribution in [0.15, 0.2) is 12.2 Å².